The molecule has 0 radical (unpaired) electrons. The number of benzene rings is 1. The van der Waals surface area contributed by atoms with Gasteiger partial charge in [-0.25, -0.2) is 0 Å². The maximum Gasteiger partial charge on any atom is 0.0250 e. The average molecular weight is 218 g/mol. The molecule has 1 atom stereocenters. The van der Waals surface area contributed by atoms with E-state index in [1.54, 1.807) is 0 Å². The van der Waals surface area contributed by atoms with Gasteiger partial charge in [0.2, 0.25) is 0 Å². The van der Waals surface area contributed by atoms with E-state index in [2.05, 4.69) is 42.2 Å². The van der Waals surface area contributed by atoms with E-state index < -0.39 is 0 Å². The van der Waals surface area contributed by atoms with Crippen molar-refractivity contribution in [3.63, 3.8) is 0 Å². The predicted molar refractivity (Wildman–Crippen MR) is 68.1 cm³/mol. The van der Waals surface area contributed by atoms with Crippen molar-refractivity contribution in [3.05, 3.63) is 35.9 Å². The van der Waals surface area contributed by atoms with Crippen molar-refractivity contribution in [2.75, 3.05) is 13.1 Å². The second-order valence-corrected chi connectivity index (χ2v) is 4.69. The van der Waals surface area contributed by atoms with Crippen LogP contribution in [0.4, 0.5) is 0 Å². The minimum Gasteiger partial charge on any atom is -0.329 e. The lowest BCUT2D eigenvalue weighted by atomic mass is 10.1. The molecule has 1 unspecified atom stereocenters. The second kappa shape index (κ2) is 5.46. The Morgan fingerprint density at radius 1 is 1.31 bits per heavy atom. The van der Waals surface area contributed by atoms with E-state index in [0.29, 0.717) is 6.04 Å². The lowest BCUT2D eigenvalue weighted by molar-refractivity contribution is 0.181. The van der Waals surface area contributed by atoms with E-state index in [4.69, 9.17) is 5.73 Å². The molecule has 0 aliphatic heterocycles. The zero-order chi connectivity index (χ0) is 11.4. The topological polar surface area (TPSA) is 29.3 Å². The number of nitrogens with two attached hydrogens (primary N) is 1. The summed E-state index contributed by atoms with van der Waals surface area (Å²) in [7, 11) is 0. The van der Waals surface area contributed by atoms with E-state index >= 15 is 0 Å². The third-order valence-corrected chi connectivity index (χ3v) is 3.51. The quantitative estimate of drug-likeness (QED) is 0.793. The molecule has 0 amide bonds. The van der Waals surface area contributed by atoms with Gasteiger partial charge in [-0.15, -0.1) is 0 Å². The molecule has 16 heavy (non-hydrogen) atoms. The van der Waals surface area contributed by atoms with Crippen LogP contribution in [0.1, 0.15) is 25.3 Å². The zero-order valence-corrected chi connectivity index (χ0v) is 10.1. The minimum atomic E-state index is 0.588. The molecule has 0 spiro atoms. The Bertz CT molecular complexity index is 306. The van der Waals surface area contributed by atoms with Gasteiger partial charge >= 0.3 is 0 Å². The normalized spacial score (nSPS) is 17.7. The van der Waals surface area contributed by atoms with Gasteiger partial charge in [-0.1, -0.05) is 37.3 Å². The van der Waals surface area contributed by atoms with Crippen LogP contribution >= 0.6 is 0 Å². The molecule has 2 nitrogen and oxygen atoms in total. The highest BCUT2D eigenvalue weighted by molar-refractivity contribution is 5.14. The number of hydrogen-bond acceptors (Lipinski definition) is 2. The lowest BCUT2D eigenvalue weighted by Gasteiger charge is -2.30. The van der Waals surface area contributed by atoms with E-state index in [1.807, 2.05) is 0 Å². The monoisotopic (exact) mass is 218 g/mol. The van der Waals surface area contributed by atoms with Crippen molar-refractivity contribution in [2.45, 2.75) is 32.4 Å². The summed E-state index contributed by atoms with van der Waals surface area (Å²) in [6, 6.07) is 11.3. The molecule has 2 rings (SSSR count). The summed E-state index contributed by atoms with van der Waals surface area (Å²) in [5.74, 6) is 0.855. The highest BCUT2D eigenvalue weighted by Crippen LogP contribution is 2.35. The van der Waals surface area contributed by atoms with Crippen LogP contribution in [0.25, 0.3) is 0 Å². The standard InChI is InChI=1S/C14H22N2/c1-2-16(14(10-15)13-8-9-13)11-12-6-4-3-5-7-12/h3-7,13-14H,2,8-11,15H2,1H3. The van der Waals surface area contributed by atoms with Gasteiger partial charge in [0.05, 0.1) is 0 Å². The summed E-state index contributed by atoms with van der Waals surface area (Å²) < 4.78 is 0. The van der Waals surface area contributed by atoms with Crippen molar-refractivity contribution in [1.82, 2.24) is 4.90 Å². The van der Waals surface area contributed by atoms with E-state index in [9.17, 15) is 0 Å². The number of rotatable bonds is 6. The molecule has 1 aliphatic carbocycles. The molecule has 1 aliphatic rings. The molecular formula is C14H22N2. The Balaban J connectivity index is 1.99. The summed E-state index contributed by atoms with van der Waals surface area (Å²) in [5, 5.41) is 0. The number of nitrogens with zero attached hydrogens (tertiary/aromatic N) is 1. The molecule has 1 saturated carbocycles. The third kappa shape index (κ3) is 2.83. The Labute approximate surface area is 98.4 Å². The van der Waals surface area contributed by atoms with Gasteiger partial charge in [0, 0.05) is 19.1 Å². The summed E-state index contributed by atoms with van der Waals surface area (Å²) in [4.78, 5) is 2.52. The average Bonchev–Trinajstić information content (AvgIpc) is 3.14. The first-order valence-corrected chi connectivity index (χ1v) is 6.33. The summed E-state index contributed by atoms with van der Waals surface area (Å²) in [6.07, 6.45) is 2.74. The molecule has 1 aromatic rings. The van der Waals surface area contributed by atoms with E-state index in [-0.39, 0.29) is 0 Å². The Hall–Kier alpha value is -0.860. The molecular weight excluding hydrogens is 196 g/mol. The first-order valence-electron chi connectivity index (χ1n) is 6.33. The fraction of sp³-hybridized carbons (Fsp3) is 0.571. The zero-order valence-electron chi connectivity index (χ0n) is 10.1. The molecule has 0 bridgehead atoms. The Kier molecular flexibility index (Phi) is 3.97. The number of hydrogen-bond donors (Lipinski definition) is 1. The second-order valence-electron chi connectivity index (χ2n) is 4.69. The summed E-state index contributed by atoms with van der Waals surface area (Å²) >= 11 is 0. The summed E-state index contributed by atoms with van der Waals surface area (Å²) in [5.41, 5.74) is 7.29. The van der Waals surface area contributed by atoms with Crippen molar-refractivity contribution >= 4 is 0 Å². The van der Waals surface area contributed by atoms with Gasteiger partial charge in [-0.3, -0.25) is 4.90 Å². The fourth-order valence-electron chi connectivity index (χ4n) is 2.40. The Morgan fingerprint density at radius 3 is 2.50 bits per heavy atom. The van der Waals surface area contributed by atoms with Crippen LogP contribution < -0.4 is 5.73 Å². The highest BCUT2D eigenvalue weighted by Gasteiger charge is 2.33. The van der Waals surface area contributed by atoms with Crippen molar-refractivity contribution in [2.24, 2.45) is 11.7 Å². The van der Waals surface area contributed by atoms with Crippen LogP contribution in [0.5, 0.6) is 0 Å². The van der Waals surface area contributed by atoms with Gasteiger partial charge in [-0.05, 0) is 30.9 Å². The van der Waals surface area contributed by atoms with Crippen LogP contribution in [0.3, 0.4) is 0 Å². The lowest BCUT2D eigenvalue weighted by Crippen LogP contribution is -2.41. The molecule has 1 fully saturated rings. The van der Waals surface area contributed by atoms with Crippen LogP contribution in [-0.4, -0.2) is 24.0 Å². The highest BCUT2D eigenvalue weighted by atomic mass is 15.2. The maximum atomic E-state index is 5.90. The van der Waals surface area contributed by atoms with Gasteiger partial charge in [0.15, 0.2) is 0 Å². The molecule has 1 aromatic carbocycles. The smallest absolute Gasteiger partial charge is 0.0250 e. The molecule has 0 heterocycles. The van der Waals surface area contributed by atoms with Gasteiger partial charge in [0.1, 0.15) is 0 Å². The van der Waals surface area contributed by atoms with Gasteiger partial charge < -0.3 is 5.73 Å². The van der Waals surface area contributed by atoms with Crippen LogP contribution in [0.15, 0.2) is 30.3 Å². The molecule has 0 saturated heterocycles. The predicted octanol–water partition coefficient (Wildman–Crippen LogP) is 2.25. The van der Waals surface area contributed by atoms with Crippen molar-refractivity contribution in [3.8, 4) is 0 Å². The van der Waals surface area contributed by atoms with Crippen LogP contribution in [0, 0.1) is 5.92 Å². The minimum absolute atomic E-state index is 0.588. The van der Waals surface area contributed by atoms with E-state index in [1.165, 1.54) is 18.4 Å². The van der Waals surface area contributed by atoms with Crippen molar-refractivity contribution < 1.29 is 0 Å². The van der Waals surface area contributed by atoms with Crippen LogP contribution in [0.2, 0.25) is 0 Å². The third-order valence-electron chi connectivity index (χ3n) is 3.51. The summed E-state index contributed by atoms with van der Waals surface area (Å²) in [6.45, 7) is 5.16. The van der Waals surface area contributed by atoms with Gasteiger partial charge in [0.25, 0.3) is 0 Å². The fourth-order valence-corrected chi connectivity index (χ4v) is 2.40. The molecule has 0 aromatic heterocycles. The first kappa shape index (κ1) is 11.6. The van der Waals surface area contributed by atoms with Gasteiger partial charge in [-0.2, -0.15) is 0 Å². The van der Waals surface area contributed by atoms with Crippen molar-refractivity contribution in [1.29, 1.82) is 0 Å². The molecule has 88 valence electrons. The first-order chi connectivity index (χ1) is 7.85. The maximum absolute atomic E-state index is 5.90. The molecule has 2 N–H and O–H groups in total. The largest absolute Gasteiger partial charge is 0.329 e. The van der Waals surface area contributed by atoms with Crippen LogP contribution in [-0.2, 0) is 6.54 Å². The SMILES string of the molecule is CCN(Cc1ccccc1)C(CN)C1CC1. The molecule has 2 heteroatoms. The van der Waals surface area contributed by atoms with E-state index in [0.717, 1.165) is 25.6 Å². The Morgan fingerprint density at radius 2 is 2.00 bits per heavy atom. The number of likely N-dealkylation sites (N-methyl/N-ethyl adjacent to an activating group) is 1.